The maximum Gasteiger partial charge on any atom is 0.424 e. The van der Waals surface area contributed by atoms with Gasteiger partial charge in [-0.2, -0.15) is 0 Å². The zero-order valence-corrected chi connectivity index (χ0v) is 42.3. The van der Waals surface area contributed by atoms with Crippen LogP contribution in [0.4, 0.5) is 9.18 Å². The van der Waals surface area contributed by atoms with Crippen LogP contribution in [0.25, 0.3) is 11.1 Å². The van der Waals surface area contributed by atoms with Gasteiger partial charge in [-0.15, -0.1) is 5.53 Å². The van der Waals surface area contributed by atoms with Crippen LogP contribution in [0.3, 0.4) is 0 Å². The minimum atomic E-state index is -1.36. The molecule has 5 N–H and O–H groups in total. The average Bonchev–Trinajstić information content (AvgIpc) is 3.82. The highest BCUT2D eigenvalue weighted by Crippen LogP contribution is 2.38. The molecule has 19 heteroatoms. The molecule has 0 spiro atoms. The molecule has 1 amide bonds. The molecule has 0 bridgehead atoms. The number of esters is 1. The Balaban J connectivity index is 1.32. The number of benzene rings is 1. The first kappa shape index (κ1) is 55.3. The normalized spacial score (nSPS) is 32.2. The number of rotatable bonds is 14. The highest BCUT2D eigenvalue weighted by molar-refractivity contribution is 6.00. The van der Waals surface area contributed by atoms with E-state index in [4.69, 9.17) is 34.3 Å². The number of carbonyl (C=O) groups is 4. The van der Waals surface area contributed by atoms with Gasteiger partial charge in [0.25, 0.3) is 0 Å². The second-order valence-corrected chi connectivity index (χ2v) is 19.3. The highest BCUT2D eigenvalue weighted by Gasteiger charge is 2.50. The lowest BCUT2D eigenvalue weighted by Gasteiger charge is -2.47. The first-order chi connectivity index (χ1) is 32.7. The quantitative estimate of drug-likeness (QED) is 0.0814. The van der Waals surface area contributed by atoms with Crippen molar-refractivity contribution >= 4 is 23.6 Å². The lowest BCUT2D eigenvalue weighted by atomic mass is 9.76. The maximum atomic E-state index is 14.9. The molecule has 2 saturated heterocycles. The van der Waals surface area contributed by atoms with Crippen molar-refractivity contribution in [3.05, 3.63) is 65.7 Å². The smallest absolute Gasteiger partial charge is 0.424 e. The van der Waals surface area contributed by atoms with E-state index in [9.17, 15) is 28.7 Å². The van der Waals surface area contributed by atoms with E-state index >= 15 is 0 Å². The standard InChI is InChI=1S/C50H76FN7O11/c1-13-39-27-66-49(63)58(52)34(8)31(5)42(59)28(2)23-50(9,65-12)46(32(6)43(60)33(7)47(62)68-39)69-48-44(61)40(22-30(4)67-48)56(10)21-20-38-26-57(55-54-38)41(24-51)45(64-11)36-18-16-35(17-19-36)37-15-14-29(3)53-25-37/h14-19,25-26,28,30-34,39-41,44-46,48,54-55,61H,13,20-24,27,52H2,1-12H3/t28-,30-,31-,32+,33-,34?,39-,40+,41-,44-,45-,46-,48+,50-/m1/s1. The van der Waals surface area contributed by atoms with Crippen LogP contribution in [-0.4, -0.2) is 144 Å². The third-order valence-corrected chi connectivity index (χ3v) is 14.3. The summed E-state index contributed by atoms with van der Waals surface area (Å²) in [5, 5.41) is 14.6. The molecule has 5 rings (SSSR count). The van der Waals surface area contributed by atoms with Gasteiger partial charge in [0.1, 0.15) is 49.3 Å². The van der Waals surface area contributed by atoms with Crippen LogP contribution in [0.1, 0.15) is 98.4 Å². The molecule has 18 nitrogen and oxygen atoms in total. The van der Waals surface area contributed by atoms with E-state index in [1.807, 2.05) is 74.6 Å². The third kappa shape index (κ3) is 13.2. The number of cyclic esters (lactones) is 2. The molecule has 3 aliphatic heterocycles. The Labute approximate surface area is 406 Å². The van der Waals surface area contributed by atoms with Crippen molar-refractivity contribution in [2.24, 2.45) is 29.5 Å². The van der Waals surface area contributed by atoms with Crippen molar-refractivity contribution in [2.45, 2.75) is 149 Å². The van der Waals surface area contributed by atoms with Crippen LogP contribution in [0, 0.1) is 30.6 Å². The minimum absolute atomic E-state index is 0.0505. The number of ketones is 2. The number of aryl methyl sites for hydroxylation is 1. The summed E-state index contributed by atoms with van der Waals surface area (Å²) in [5.41, 5.74) is 9.38. The van der Waals surface area contributed by atoms with Crippen molar-refractivity contribution in [3.63, 3.8) is 0 Å². The number of amides is 1. The molecule has 0 aliphatic carbocycles. The fourth-order valence-electron chi connectivity index (χ4n) is 9.49. The van der Waals surface area contributed by atoms with Gasteiger partial charge in [-0.05, 0) is 78.1 Å². The monoisotopic (exact) mass is 970 g/mol. The average molecular weight is 970 g/mol. The molecule has 69 heavy (non-hydrogen) atoms. The van der Waals surface area contributed by atoms with Gasteiger partial charge in [-0.1, -0.05) is 58.0 Å². The number of Topliss-reactive ketones (excluding diaryl/α,β-unsaturated/α-hetero) is 2. The number of halogens is 1. The van der Waals surface area contributed by atoms with Crippen molar-refractivity contribution in [3.8, 4) is 11.1 Å². The van der Waals surface area contributed by atoms with Gasteiger partial charge in [0.2, 0.25) is 0 Å². The molecule has 3 aliphatic rings. The predicted molar refractivity (Wildman–Crippen MR) is 255 cm³/mol. The van der Waals surface area contributed by atoms with Crippen LogP contribution >= 0.6 is 0 Å². The van der Waals surface area contributed by atoms with Crippen molar-refractivity contribution in [2.75, 3.05) is 41.1 Å². The Bertz CT molecular complexity index is 2070. The van der Waals surface area contributed by atoms with E-state index in [0.717, 1.165) is 33.1 Å². The summed E-state index contributed by atoms with van der Waals surface area (Å²) in [6, 6.07) is 9.84. The van der Waals surface area contributed by atoms with Crippen LogP contribution in [0.15, 0.2) is 54.5 Å². The van der Waals surface area contributed by atoms with E-state index in [0.29, 0.717) is 19.4 Å². The number of hydrogen-bond donors (Lipinski definition) is 4. The Morgan fingerprint density at radius 1 is 1.01 bits per heavy atom. The number of alkyl halides is 1. The minimum Gasteiger partial charge on any atom is -0.458 e. The van der Waals surface area contributed by atoms with Crippen molar-refractivity contribution in [1.82, 2.24) is 30.9 Å². The van der Waals surface area contributed by atoms with Gasteiger partial charge < -0.3 is 43.9 Å². The molecule has 1 unspecified atom stereocenters. The largest absolute Gasteiger partial charge is 0.458 e. The molecule has 1 aromatic carbocycles. The Morgan fingerprint density at radius 2 is 1.70 bits per heavy atom. The number of aromatic nitrogens is 1. The second kappa shape index (κ2) is 24.5. The number of ether oxygens (including phenoxy) is 6. The number of aliphatic hydroxyl groups is 1. The number of likely N-dealkylation sites (N-methyl/N-ethyl adjacent to an activating group) is 1. The molecule has 14 atom stereocenters. The van der Waals surface area contributed by atoms with Crippen LogP contribution in [0.5, 0.6) is 0 Å². The Kier molecular flexibility index (Phi) is 19.6. The van der Waals surface area contributed by atoms with Crippen LogP contribution in [0.2, 0.25) is 0 Å². The number of hydrazine groups is 3. The first-order valence-electron chi connectivity index (χ1n) is 24.0. The summed E-state index contributed by atoms with van der Waals surface area (Å²) < 4.78 is 51.0. The highest BCUT2D eigenvalue weighted by atomic mass is 19.1. The third-order valence-electron chi connectivity index (χ3n) is 14.3. The fourth-order valence-corrected chi connectivity index (χ4v) is 9.49. The number of nitrogens with zero attached hydrogens (tertiary/aromatic N) is 4. The molecular formula is C50H76FN7O11. The van der Waals surface area contributed by atoms with Gasteiger partial charge in [0.15, 0.2) is 12.1 Å². The predicted octanol–water partition coefficient (Wildman–Crippen LogP) is 5.33. The molecule has 4 heterocycles. The molecule has 1 aromatic heterocycles. The van der Waals surface area contributed by atoms with Gasteiger partial charge in [0.05, 0.1) is 23.9 Å². The van der Waals surface area contributed by atoms with E-state index in [2.05, 4.69) is 15.9 Å². The summed E-state index contributed by atoms with van der Waals surface area (Å²) in [6.45, 7) is 14.8. The van der Waals surface area contributed by atoms with Gasteiger partial charge >= 0.3 is 12.1 Å². The number of pyridine rings is 1. The zero-order valence-electron chi connectivity index (χ0n) is 42.3. The summed E-state index contributed by atoms with van der Waals surface area (Å²) in [7, 11) is 4.90. The van der Waals surface area contributed by atoms with Crippen LogP contribution < -0.4 is 16.8 Å². The summed E-state index contributed by atoms with van der Waals surface area (Å²) in [5.74, 6) is 0.856. The molecule has 2 aromatic rings. The van der Waals surface area contributed by atoms with Crippen molar-refractivity contribution in [1.29, 1.82) is 0 Å². The lowest BCUT2D eigenvalue weighted by Crippen LogP contribution is -2.59. The van der Waals surface area contributed by atoms with Gasteiger partial charge in [-0.3, -0.25) is 24.4 Å². The molecule has 2 fully saturated rings. The lowest BCUT2D eigenvalue weighted by molar-refractivity contribution is -0.296. The Morgan fingerprint density at radius 3 is 2.30 bits per heavy atom. The second-order valence-electron chi connectivity index (χ2n) is 19.3. The zero-order chi connectivity index (χ0) is 50.9. The number of carbonyl (C=O) groups excluding carboxylic acids is 4. The van der Waals surface area contributed by atoms with Gasteiger partial charge in [0, 0.05) is 80.3 Å². The summed E-state index contributed by atoms with van der Waals surface area (Å²) >= 11 is 0. The SMILES string of the molecule is CC[C@@H]1COC(=O)N(N)C(C)[C@@H](C)C(=O)[C@H](C)C[C@@](C)(OC)[C@H](O[C@@H]2O[C@H](C)C[C@H](N(C)CCC3=CN([C@H](CF)[C@H](OC)c4ccc(-c5ccc(C)nc5)cc4)NN3)[C@H]2O)[C@@H](C)C(=O)[C@@H](C)C(=O)O1. The van der Waals surface area contributed by atoms with Crippen molar-refractivity contribution < 1.29 is 57.1 Å². The number of nitrogens with one attached hydrogen (secondary N) is 2. The van der Waals surface area contributed by atoms with Crippen LogP contribution in [-0.2, 0) is 42.8 Å². The fraction of sp³-hybridized carbons (Fsp3) is 0.660. The molecule has 0 radical (unpaired) electrons. The van der Waals surface area contributed by atoms with E-state index in [1.54, 1.807) is 53.7 Å². The van der Waals surface area contributed by atoms with Gasteiger partial charge in [-0.25, -0.2) is 20.0 Å². The van der Waals surface area contributed by atoms with E-state index in [-0.39, 0.29) is 25.2 Å². The number of nitrogens with two attached hydrogens (primary N) is 1. The topological polar surface area (TPSA) is 217 Å². The maximum absolute atomic E-state index is 14.9. The number of aliphatic hydroxyl groups excluding tert-OH is 1. The number of hydrogen-bond acceptors (Lipinski definition) is 17. The Hall–Kier alpha value is -4.60. The van der Waals surface area contributed by atoms with E-state index < -0.39 is 109 Å². The summed E-state index contributed by atoms with van der Waals surface area (Å²) in [4.78, 5) is 61.2. The number of methoxy groups -OCH3 is 2. The first-order valence-corrected chi connectivity index (χ1v) is 24.0. The molecule has 384 valence electrons. The molecule has 0 saturated carbocycles. The van der Waals surface area contributed by atoms with E-state index in [1.165, 1.54) is 14.0 Å². The summed E-state index contributed by atoms with van der Waals surface area (Å²) in [6.07, 6.45) is -1.46. The molecular weight excluding hydrogens is 894 g/mol.